The van der Waals surface area contributed by atoms with Gasteiger partial charge in [0.1, 0.15) is 0 Å². The molecule has 0 radical (unpaired) electrons. The molecule has 0 aromatic heterocycles. The van der Waals surface area contributed by atoms with Crippen LogP contribution in [-0.2, 0) is 9.59 Å². The molecule has 4 nitrogen and oxygen atoms in total. The summed E-state index contributed by atoms with van der Waals surface area (Å²) in [4.78, 5) is 20.6. The average Bonchev–Trinajstić information content (AvgIpc) is 2.26. The van der Waals surface area contributed by atoms with Gasteiger partial charge in [0.05, 0.1) is 0 Å². The van der Waals surface area contributed by atoms with Gasteiger partial charge in [-0.2, -0.15) is 0 Å². The van der Waals surface area contributed by atoms with E-state index in [4.69, 9.17) is 0 Å². The van der Waals surface area contributed by atoms with Crippen molar-refractivity contribution in [3.63, 3.8) is 0 Å². The molecular weight excluding hydrogens is 180 g/mol. The third-order valence-corrected chi connectivity index (χ3v) is 1.78. The van der Waals surface area contributed by atoms with Gasteiger partial charge in [-0.05, 0) is 24.3 Å². The normalized spacial score (nSPS) is 20.3. The van der Waals surface area contributed by atoms with Gasteiger partial charge in [-0.1, -0.05) is 0 Å². The highest BCUT2D eigenvalue weighted by Gasteiger charge is 1.97. The molecule has 0 aromatic carbocycles. The zero-order valence-corrected chi connectivity index (χ0v) is 7.95. The second kappa shape index (κ2) is 6.23. The van der Waals surface area contributed by atoms with Gasteiger partial charge < -0.3 is 10.6 Å². The number of ketones is 2. The lowest BCUT2D eigenvalue weighted by Crippen LogP contribution is -2.39. The van der Waals surface area contributed by atoms with Gasteiger partial charge in [0.25, 0.3) is 0 Å². The van der Waals surface area contributed by atoms with Crippen LogP contribution in [0, 0.1) is 0 Å². The third-order valence-electron chi connectivity index (χ3n) is 1.78. The average molecular weight is 194 g/mol. The Bertz CT molecular complexity index is 216. The SMILES string of the molecule is C1CNCCN1.O=C1C=CC(=O)C=C1. The van der Waals surface area contributed by atoms with E-state index in [1.54, 1.807) is 0 Å². The third kappa shape index (κ3) is 4.69. The van der Waals surface area contributed by atoms with Crippen LogP contribution in [0.5, 0.6) is 0 Å². The number of allylic oxidation sites excluding steroid dienone is 4. The van der Waals surface area contributed by atoms with Crippen LogP contribution in [0.2, 0.25) is 0 Å². The smallest absolute Gasteiger partial charge is 0.178 e. The first-order chi connectivity index (χ1) is 6.79. The topological polar surface area (TPSA) is 58.2 Å². The van der Waals surface area contributed by atoms with Crippen molar-refractivity contribution in [2.45, 2.75) is 0 Å². The summed E-state index contributed by atoms with van der Waals surface area (Å²) in [6.45, 7) is 4.56. The molecule has 1 fully saturated rings. The van der Waals surface area contributed by atoms with Crippen LogP contribution in [0.1, 0.15) is 0 Å². The van der Waals surface area contributed by atoms with Crippen molar-refractivity contribution in [1.29, 1.82) is 0 Å². The summed E-state index contributed by atoms with van der Waals surface area (Å²) in [6.07, 6.45) is 5.01. The van der Waals surface area contributed by atoms with E-state index in [0.717, 1.165) is 26.2 Å². The van der Waals surface area contributed by atoms with Crippen LogP contribution in [0.4, 0.5) is 0 Å². The first kappa shape index (κ1) is 10.8. The van der Waals surface area contributed by atoms with Gasteiger partial charge in [-0.25, -0.2) is 0 Å². The van der Waals surface area contributed by atoms with Crippen LogP contribution in [0.3, 0.4) is 0 Å². The van der Waals surface area contributed by atoms with E-state index < -0.39 is 0 Å². The van der Waals surface area contributed by atoms with E-state index in [-0.39, 0.29) is 11.6 Å². The summed E-state index contributed by atoms with van der Waals surface area (Å²) in [5, 5.41) is 6.44. The van der Waals surface area contributed by atoms with Crippen molar-refractivity contribution in [1.82, 2.24) is 10.6 Å². The molecule has 1 saturated heterocycles. The summed E-state index contributed by atoms with van der Waals surface area (Å²) in [7, 11) is 0. The van der Waals surface area contributed by atoms with Crippen molar-refractivity contribution in [3.8, 4) is 0 Å². The Morgan fingerprint density at radius 3 is 1.21 bits per heavy atom. The standard InChI is InChI=1S/C6H4O2.C4H10N2/c7-5-1-2-6(8)4-3-5;1-2-6-4-3-5-1/h1-4H;5-6H,1-4H2. The fourth-order valence-electron chi connectivity index (χ4n) is 1.04. The highest BCUT2D eigenvalue weighted by Crippen LogP contribution is 1.90. The van der Waals surface area contributed by atoms with E-state index in [1.165, 1.54) is 24.3 Å². The minimum Gasteiger partial charge on any atom is -0.314 e. The van der Waals surface area contributed by atoms with E-state index in [9.17, 15) is 9.59 Å². The summed E-state index contributed by atoms with van der Waals surface area (Å²) >= 11 is 0. The number of carbonyl (C=O) groups is 2. The Hall–Kier alpha value is -1.26. The molecule has 0 saturated carbocycles. The Labute approximate surface area is 83.1 Å². The number of hydrogen-bond acceptors (Lipinski definition) is 4. The molecule has 0 unspecified atom stereocenters. The Morgan fingerprint density at radius 1 is 0.714 bits per heavy atom. The van der Waals surface area contributed by atoms with E-state index in [0.29, 0.717) is 0 Å². The largest absolute Gasteiger partial charge is 0.314 e. The molecule has 76 valence electrons. The van der Waals surface area contributed by atoms with Crippen molar-refractivity contribution in [3.05, 3.63) is 24.3 Å². The number of piperazine rings is 1. The summed E-state index contributed by atoms with van der Waals surface area (Å²) in [5.41, 5.74) is 0. The lowest BCUT2D eigenvalue weighted by Gasteiger charge is -2.11. The van der Waals surface area contributed by atoms with Crippen molar-refractivity contribution in [2.75, 3.05) is 26.2 Å². The second-order valence-electron chi connectivity index (χ2n) is 2.97. The minimum absolute atomic E-state index is 0.121. The van der Waals surface area contributed by atoms with Gasteiger partial charge >= 0.3 is 0 Å². The molecular formula is C10H14N2O2. The molecule has 2 rings (SSSR count). The summed E-state index contributed by atoms with van der Waals surface area (Å²) < 4.78 is 0. The maximum Gasteiger partial charge on any atom is 0.178 e. The zero-order chi connectivity index (χ0) is 10.2. The Balaban J connectivity index is 0.000000146. The quantitative estimate of drug-likeness (QED) is 0.507. The van der Waals surface area contributed by atoms with E-state index in [1.807, 2.05) is 0 Å². The van der Waals surface area contributed by atoms with Gasteiger partial charge in [-0.3, -0.25) is 9.59 Å². The lowest BCUT2D eigenvalue weighted by atomic mass is 10.2. The summed E-state index contributed by atoms with van der Waals surface area (Å²) in [6, 6.07) is 0. The van der Waals surface area contributed by atoms with E-state index in [2.05, 4.69) is 10.6 Å². The maximum absolute atomic E-state index is 10.3. The van der Waals surface area contributed by atoms with Gasteiger partial charge in [0.15, 0.2) is 11.6 Å². The number of nitrogens with one attached hydrogen (secondary N) is 2. The van der Waals surface area contributed by atoms with Gasteiger partial charge in [0, 0.05) is 26.2 Å². The molecule has 0 atom stereocenters. The van der Waals surface area contributed by atoms with Gasteiger partial charge in [0.2, 0.25) is 0 Å². The molecule has 1 aliphatic carbocycles. The molecule has 0 bridgehead atoms. The van der Waals surface area contributed by atoms with Crippen LogP contribution < -0.4 is 10.6 Å². The number of hydrogen-bond donors (Lipinski definition) is 2. The Kier molecular flexibility index (Phi) is 4.82. The first-order valence-corrected chi connectivity index (χ1v) is 4.64. The first-order valence-electron chi connectivity index (χ1n) is 4.64. The van der Waals surface area contributed by atoms with Crippen molar-refractivity contribution >= 4 is 11.6 Å². The molecule has 0 amide bonds. The monoisotopic (exact) mass is 194 g/mol. The summed E-state index contributed by atoms with van der Waals surface area (Å²) in [5.74, 6) is -0.241. The predicted octanol–water partition coefficient (Wildman–Crippen LogP) is -0.570. The second-order valence-corrected chi connectivity index (χ2v) is 2.97. The molecule has 0 spiro atoms. The molecule has 1 aliphatic heterocycles. The fraction of sp³-hybridized carbons (Fsp3) is 0.400. The van der Waals surface area contributed by atoms with Gasteiger partial charge in [-0.15, -0.1) is 0 Å². The molecule has 14 heavy (non-hydrogen) atoms. The maximum atomic E-state index is 10.3. The molecule has 2 aliphatic rings. The number of rotatable bonds is 0. The molecule has 2 N–H and O–H groups in total. The fourth-order valence-corrected chi connectivity index (χ4v) is 1.04. The Morgan fingerprint density at radius 2 is 1.00 bits per heavy atom. The van der Waals surface area contributed by atoms with Crippen LogP contribution in [0.15, 0.2) is 24.3 Å². The number of carbonyl (C=O) groups excluding carboxylic acids is 2. The van der Waals surface area contributed by atoms with Crippen LogP contribution in [-0.4, -0.2) is 37.7 Å². The van der Waals surface area contributed by atoms with Crippen LogP contribution >= 0.6 is 0 Å². The van der Waals surface area contributed by atoms with Crippen molar-refractivity contribution in [2.24, 2.45) is 0 Å². The highest BCUT2D eigenvalue weighted by molar-refractivity contribution is 6.14. The highest BCUT2D eigenvalue weighted by atomic mass is 16.1. The lowest BCUT2D eigenvalue weighted by molar-refractivity contribution is -0.113. The predicted molar refractivity (Wildman–Crippen MR) is 54.0 cm³/mol. The van der Waals surface area contributed by atoms with E-state index >= 15 is 0 Å². The molecule has 0 aromatic rings. The van der Waals surface area contributed by atoms with Crippen LogP contribution in [0.25, 0.3) is 0 Å². The zero-order valence-electron chi connectivity index (χ0n) is 7.95. The van der Waals surface area contributed by atoms with Crippen molar-refractivity contribution < 1.29 is 9.59 Å². The molecule has 1 heterocycles. The molecule has 4 heteroatoms. The minimum atomic E-state index is -0.121.